The molecule has 4 nitrogen and oxygen atoms in total. The highest BCUT2D eigenvalue weighted by atomic mass is 32.2. The highest BCUT2D eigenvalue weighted by Gasteiger charge is 2.34. The number of hydrogen-bond donors (Lipinski definition) is 1. The molecule has 1 heterocycles. The first-order chi connectivity index (χ1) is 9.38. The quantitative estimate of drug-likeness (QED) is 0.923. The van der Waals surface area contributed by atoms with Crippen molar-refractivity contribution >= 4 is 9.84 Å². The van der Waals surface area contributed by atoms with Crippen LogP contribution in [0, 0.1) is 19.8 Å². The van der Waals surface area contributed by atoms with Crippen LogP contribution in [-0.2, 0) is 9.84 Å². The molecule has 0 bridgehead atoms. The van der Waals surface area contributed by atoms with Crippen LogP contribution in [-0.4, -0.2) is 34.1 Å². The molecule has 1 aromatic carbocycles. The lowest BCUT2D eigenvalue weighted by Gasteiger charge is -2.24. The average Bonchev–Trinajstić information content (AvgIpc) is 2.70. The average molecular weight is 297 g/mol. The van der Waals surface area contributed by atoms with Crippen LogP contribution in [0.15, 0.2) is 12.1 Å². The zero-order chi connectivity index (χ0) is 14.9. The minimum atomic E-state index is -2.86. The molecule has 20 heavy (non-hydrogen) atoms. The molecule has 1 saturated heterocycles. The van der Waals surface area contributed by atoms with E-state index in [2.05, 4.69) is 17.4 Å². The predicted octanol–water partition coefficient (Wildman–Crippen LogP) is 2.01. The van der Waals surface area contributed by atoms with Crippen LogP contribution in [0.1, 0.15) is 29.2 Å². The Labute approximate surface area is 121 Å². The van der Waals surface area contributed by atoms with Crippen molar-refractivity contribution < 1.29 is 13.2 Å². The summed E-state index contributed by atoms with van der Waals surface area (Å²) in [4.78, 5) is 0. The minimum absolute atomic E-state index is 0.0792. The van der Waals surface area contributed by atoms with Gasteiger partial charge in [-0.3, -0.25) is 0 Å². The van der Waals surface area contributed by atoms with E-state index >= 15 is 0 Å². The fourth-order valence-electron chi connectivity index (χ4n) is 3.25. The molecule has 2 rings (SSSR count). The summed E-state index contributed by atoms with van der Waals surface area (Å²) >= 11 is 0. The van der Waals surface area contributed by atoms with Gasteiger partial charge in [0.15, 0.2) is 9.84 Å². The Morgan fingerprint density at radius 2 is 1.90 bits per heavy atom. The molecule has 5 heteroatoms. The third kappa shape index (κ3) is 2.99. The van der Waals surface area contributed by atoms with Crippen LogP contribution in [0.3, 0.4) is 0 Å². The van der Waals surface area contributed by atoms with E-state index in [1.807, 2.05) is 20.9 Å². The van der Waals surface area contributed by atoms with Gasteiger partial charge in [0.05, 0.1) is 18.6 Å². The Morgan fingerprint density at radius 1 is 1.30 bits per heavy atom. The lowest BCUT2D eigenvalue weighted by molar-refractivity contribution is 0.403. The van der Waals surface area contributed by atoms with Gasteiger partial charge >= 0.3 is 0 Å². The van der Waals surface area contributed by atoms with Crippen molar-refractivity contribution in [1.29, 1.82) is 0 Å². The number of benzene rings is 1. The largest absolute Gasteiger partial charge is 0.496 e. The Bertz CT molecular complexity index is 572. The summed E-state index contributed by atoms with van der Waals surface area (Å²) in [6, 6.07) is 4.27. The molecule has 1 aliphatic rings. The van der Waals surface area contributed by atoms with Crippen LogP contribution < -0.4 is 10.1 Å². The molecular formula is C15H23NO3S. The molecule has 112 valence electrons. The van der Waals surface area contributed by atoms with Gasteiger partial charge < -0.3 is 10.1 Å². The zero-order valence-electron chi connectivity index (χ0n) is 12.6. The van der Waals surface area contributed by atoms with Crippen LogP contribution in [0.2, 0.25) is 0 Å². The molecule has 0 spiro atoms. The Balaban J connectivity index is 2.33. The number of hydrogen-bond acceptors (Lipinski definition) is 4. The number of sulfone groups is 1. The van der Waals surface area contributed by atoms with Crippen molar-refractivity contribution in [1.82, 2.24) is 5.32 Å². The van der Waals surface area contributed by atoms with E-state index in [1.54, 1.807) is 7.11 Å². The van der Waals surface area contributed by atoms with E-state index in [0.29, 0.717) is 5.75 Å². The summed E-state index contributed by atoms with van der Waals surface area (Å²) in [5.74, 6) is 1.65. The second-order valence-corrected chi connectivity index (χ2v) is 7.85. The SMILES string of the molecule is CNC(c1cc(C)c(OC)c(C)c1)C1CCS(=O)(=O)C1. The fraction of sp³-hybridized carbons (Fsp3) is 0.600. The van der Waals surface area contributed by atoms with Crippen LogP contribution in [0.25, 0.3) is 0 Å². The van der Waals surface area contributed by atoms with Gasteiger partial charge in [-0.2, -0.15) is 0 Å². The molecule has 0 saturated carbocycles. The number of nitrogens with one attached hydrogen (secondary N) is 1. The van der Waals surface area contributed by atoms with E-state index in [0.717, 1.165) is 28.9 Å². The first kappa shape index (κ1) is 15.3. The van der Waals surface area contributed by atoms with E-state index in [1.165, 1.54) is 0 Å². The van der Waals surface area contributed by atoms with E-state index in [-0.39, 0.29) is 17.7 Å². The molecule has 1 aromatic rings. The summed E-state index contributed by atoms with van der Waals surface area (Å²) < 4.78 is 28.7. The molecule has 2 unspecified atom stereocenters. The standard InChI is InChI=1S/C15H23NO3S/c1-10-7-13(8-11(2)15(10)19-4)14(16-3)12-5-6-20(17,18)9-12/h7-8,12,14,16H,5-6,9H2,1-4H3. The Hall–Kier alpha value is -1.07. The van der Waals surface area contributed by atoms with Crippen molar-refractivity contribution in [3.8, 4) is 5.75 Å². The number of rotatable bonds is 4. The summed E-state index contributed by atoms with van der Waals surface area (Å²) in [5.41, 5.74) is 3.32. The fourth-order valence-corrected chi connectivity index (χ4v) is 5.09. The van der Waals surface area contributed by atoms with Crippen molar-refractivity contribution in [3.05, 3.63) is 28.8 Å². The van der Waals surface area contributed by atoms with E-state index in [4.69, 9.17) is 4.74 Å². The normalized spacial score (nSPS) is 22.7. The number of methoxy groups -OCH3 is 1. The third-order valence-electron chi connectivity index (χ3n) is 4.10. The summed E-state index contributed by atoms with van der Waals surface area (Å²) in [7, 11) is 0.712. The van der Waals surface area contributed by atoms with Crippen LogP contribution >= 0.6 is 0 Å². The van der Waals surface area contributed by atoms with Crippen LogP contribution in [0.5, 0.6) is 5.75 Å². The number of ether oxygens (including phenoxy) is 1. The van der Waals surface area contributed by atoms with Gasteiger partial charge in [0, 0.05) is 6.04 Å². The van der Waals surface area contributed by atoms with Crippen LogP contribution in [0.4, 0.5) is 0 Å². The molecule has 0 amide bonds. The van der Waals surface area contributed by atoms with Gasteiger partial charge in [0.25, 0.3) is 0 Å². The van der Waals surface area contributed by atoms with E-state index < -0.39 is 9.84 Å². The summed E-state index contributed by atoms with van der Waals surface area (Å²) in [6.07, 6.45) is 0.734. The highest BCUT2D eigenvalue weighted by Crippen LogP contribution is 2.34. The van der Waals surface area contributed by atoms with Gasteiger partial charge in [-0.05, 0) is 49.9 Å². The molecule has 2 atom stereocenters. The van der Waals surface area contributed by atoms with Gasteiger partial charge in [0.2, 0.25) is 0 Å². The Morgan fingerprint density at radius 3 is 2.30 bits per heavy atom. The first-order valence-electron chi connectivity index (χ1n) is 6.90. The molecule has 1 aliphatic heterocycles. The predicted molar refractivity (Wildman–Crippen MR) is 81.0 cm³/mol. The zero-order valence-corrected chi connectivity index (χ0v) is 13.4. The highest BCUT2D eigenvalue weighted by molar-refractivity contribution is 7.91. The second-order valence-electron chi connectivity index (χ2n) is 5.62. The molecule has 0 aliphatic carbocycles. The molecule has 0 radical (unpaired) electrons. The third-order valence-corrected chi connectivity index (χ3v) is 5.89. The monoisotopic (exact) mass is 297 g/mol. The molecular weight excluding hydrogens is 274 g/mol. The van der Waals surface area contributed by atoms with E-state index in [9.17, 15) is 8.42 Å². The van der Waals surface area contributed by atoms with Crippen molar-refractivity contribution in [3.63, 3.8) is 0 Å². The van der Waals surface area contributed by atoms with Crippen molar-refractivity contribution in [2.24, 2.45) is 5.92 Å². The van der Waals surface area contributed by atoms with Crippen molar-refractivity contribution in [2.75, 3.05) is 25.7 Å². The topological polar surface area (TPSA) is 55.4 Å². The maximum absolute atomic E-state index is 11.7. The van der Waals surface area contributed by atoms with Gasteiger partial charge in [-0.1, -0.05) is 12.1 Å². The summed E-state index contributed by atoms with van der Waals surface area (Å²) in [5, 5.41) is 3.28. The number of aryl methyl sites for hydroxylation is 2. The maximum atomic E-state index is 11.7. The maximum Gasteiger partial charge on any atom is 0.150 e. The van der Waals surface area contributed by atoms with Gasteiger partial charge in [-0.15, -0.1) is 0 Å². The van der Waals surface area contributed by atoms with Crippen molar-refractivity contribution in [2.45, 2.75) is 26.3 Å². The lowest BCUT2D eigenvalue weighted by atomic mass is 9.90. The van der Waals surface area contributed by atoms with Gasteiger partial charge in [0.1, 0.15) is 5.75 Å². The minimum Gasteiger partial charge on any atom is -0.496 e. The second kappa shape index (κ2) is 5.74. The molecule has 0 aromatic heterocycles. The smallest absolute Gasteiger partial charge is 0.150 e. The first-order valence-corrected chi connectivity index (χ1v) is 8.73. The lowest BCUT2D eigenvalue weighted by Crippen LogP contribution is -2.26. The van der Waals surface area contributed by atoms with Gasteiger partial charge in [-0.25, -0.2) is 8.42 Å². The summed E-state index contributed by atoms with van der Waals surface area (Å²) in [6.45, 7) is 4.04. The molecule has 1 fully saturated rings. The Kier molecular flexibility index (Phi) is 4.39. The molecule has 1 N–H and O–H groups in total.